The molecular weight excluding hydrogens is 290 g/mol. The number of amides is 2. The minimum absolute atomic E-state index is 0.129. The zero-order valence-electron chi connectivity index (χ0n) is 12.5. The van der Waals surface area contributed by atoms with Gasteiger partial charge in [-0.1, -0.05) is 48.5 Å². The van der Waals surface area contributed by atoms with E-state index < -0.39 is 11.9 Å². The number of aromatic nitrogens is 1. The molecule has 1 heterocycles. The first kappa shape index (κ1) is 14.8. The molecule has 2 amide bonds. The lowest BCUT2D eigenvalue weighted by molar-refractivity contribution is -0.127. The Balaban J connectivity index is 1.76. The largest absolute Gasteiger partial charge is 0.368 e. The molecule has 3 rings (SSSR count). The average molecular weight is 307 g/mol. The van der Waals surface area contributed by atoms with Gasteiger partial charge in [-0.05, 0) is 23.1 Å². The van der Waals surface area contributed by atoms with Gasteiger partial charge in [0.2, 0.25) is 11.8 Å². The summed E-state index contributed by atoms with van der Waals surface area (Å²) in [6.45, 7) is 0.129. The number of nitrogens with two attached hydrogens (primary N) is 1. The van der Waals surface area contributed by atoms with Crippen molar-refractivity contribution in [1.82, 2.24) is 9.88 Å². The van der Waals surface area contributed by atoms with Gasteiger partial charge in [0.1, 0.15) is 12.6 Å². The summed E-state index contributed by atoms with van der Waals surface area (Å²) in [6, 6.07) is 17.9. The van der Waals surface area contributed by atoms with Crippen molar-refractivity contribution in [1.29, 1.82) is 0 Å². The van der Waals surface area contributed by atoms with Crippen molar-refractivity contribution in [3.05, 3.63) is 72.4 Å². The predicted molar refractivity (Wildman–Crippen MR) is 88.5 cm³/mol. The van der Waals surface area contributed by atoms with Crippen molar-refractivity contribution in [2.24, 2.45) is 5.73 Å². The average Bonchev–Trinajstić information content (AvgIpc) is 2.96. The Bertz CT molecular complexity index is 840. The van der Waals surface area contributed by atoms with E-state index in [4.69, 9.17) is 5.73 Å². The Labute approximate surface area is 133 Å². The van der Waals surface area contributed by atoms with Crippen LogP contribution in [-0.2, 0) is 16.1 Å². The molecule has 3 aromatic rings. The number of nitrogens with one attached hydrogen (secondary N) is 1. The van der Waals surface area contributed by atoms with E-state index in [0.717, 1.165) is 10.9 Å². The summed E-state index contributed by atoms with van der Waals surface area (Å²) in [5.74, 6) is -0.846. The van der Waals surface area contributed by atoms with E-state index in [1.165, 1.54) is 0 Å². The Morgan fingerprint density at radius 3 is 2.43 bits per heavy atom. The van der Waals surface area contributed by atoms with Gasteiger partial charge in [0.15, 0.2) is 0 Å². The number of carbonyl (C=O) groups excluding carboxylic acids is 2. The van der Waals surface area contributed by atoms with Crippen molar-refractivity contribution in [3.8, 4) is 0 Å². The molecular formula is C18H17N3O2. The molecule has 0 saturated heterocycles. The number of nitrogens with zero attached hydrogens (tertiary/aromatic N) is 1. The van der Waals surface area contributed by atoms with Crippen molar-refractivity contribution in [3.63, 3.8) is 0 Å². The maximum atomic E-state index is 12.3. The zero-order valence-corrected chi connectivity index (χ0v) is 12.5. The van der Waals surface area contributed by atoms with Crippen LogP contribution in [0, 0.1) is 0 Å². The highest BCUT2D eigenvalue weighted by Gasteiger charge is 2.20. The van der Waals surface area contributed by atoms with Crippen LogP contribution >= 0.6 is 0 Å². The van der Waals surface area contributed by atoms with Gasteiger partial charge in [-0.3, -0.25) is 9.59 Å². The van der Waals surface area contributed by atoms with Crippen molar-refractivity contribution in [2.75, 3.05) is 0 Å². The van der Waals surface area contributed by atoms with Gasteiger partial charge in [0, 0.05) is 11.7 Å². The van der Waals surface area contributed by atoms with Gasteiger partial charge in [-0.15, -0.1) is 0 Å². The Morgan fingerprint density at radius 2 is 1.70 bits per heavy atom. The highest BCUT2D eigenvalue weighted by molar-refractivity contribution is 5.88. The normalized spacial score (nSPS) is 12.0. The first-order chi connectivity index (χ1) is 11.1. The standard InChI is InChI=1S/C18H17N3O2/c19-18(23)17(14-7-2-1-3-8-14)20-16(22)12-21-11-10-13-6-4-5-9-15(13)21/h1-11,17H,12H2,(H2,19,23)(H,20,22). The molecule has 23 heavy (non-hydrogen) atoms. The van der Waals surface area contributed by atoms with Crippen LogP contribution in [0.4, 0.5) is 0 Å². The zero-order chi connectivity index (χ0) is 16.2. The minimum atomic E-state index is -0.828. The minimum Gasteiger partial charge on any atom is -0.368 e. The Hall–Kier alpha value is -3.08. The van der Waals surface area contributed by atoms with Crippen LogP contribution in [0.25, 0.3) is 10.9 Å². The van der Waals surface area contributed by atoms with Crippen molar-refractivity contribution >= 4 is 22.7 Å². The van der Waals surface area contributed by atoms with Gasteiger partial charge in [-0.2, -0.15) is 0 Å². The van der Waals surface area contributed by atoms with Gasteiger partial charge in [0.25, 0.3) is 0 Å². The number of carbonyl (C=O) groups is 2. The van der Waals surface area contributed by atoms with Gasteiger partial charge in [-0.25, -0.2) is 0 Å². The molecule has 0 aliphatic carbocycles. The molecule has 1 atom stereocenters. The van der Waals surface area contributed by atoms with E-state index in [0.29, 0.717) is 5.56 Å². The third-order valence-electron chi connectivity index (χ3n) is 3.72. The fraction of sp³-hybridized carbons (Fsp3) is 0.111. The molecule has 5 heteroatoms. The lowest BCUT2D eigenvalue weighted by atomic mass is 10.1. The second-order valence-corrected chi connectivity index (χ2v) is 5.32. The lowest BCUT2D eigenvalue weighted by Crippen LogP contribution is -2.39. The van der Waals surface area contributed by atoms with E-state index in [9.17, 15) is 9.59 Å². The van der Waals surface area contributed by atoms with E-state index in [1.54, 1.807) is 24.3 Å². The van der Waals surface area contributed by atoms with E-state index >= 15 is 0 Å². The quantitative estimate of drug-likeness (QED) is 0.756. The second-order valence-electron chi connectivity index (χ2n) is 5.32. The van der Waals surface area contributed by atoms with E-state index in [2.05, 4.69) is 5.32 Å². The molecule has 2 aromatic carbocycles. The maximum absolute atomic E-state index is 12.3. The predicted octanol–water partition coefficient (Wildman–Crippen LogP) is 1.98. The summed E-state index contributed by atoms with van der Waals surface area (Å²) in [5, 5.41) is 3.77. The smallest absolute Gasteiger partial charge is 0.244 e. The summed E-state index contributed by atoms with van der Waals surface area (Å²) in [6.07, 6.45) is 1.85. The van der Waals surface area contributed by atoms with Crippen LogP contribution in [0.1, 0.15) is 11.6 Å². The molecule has 0 spiro atoms. The fourth-order valence-electron chi connectivity index (χ4n) is 2.60. The Kier molecular flexibility index (Phi) is 4.10. The Morgan fingerprint density at radius 1 is 1.00 bits per heavy atom. The first-order valence-electron chi connectivity index (χ1n) is 7.32. The maximum Gasteiger partial charge on any atom is 0.244 e. The van der Waals surface area contributed by atoms with E-state index in [-0.39, 0.29) is 12.5 Å². The summed E-state index contributed by atoms with van der Waals surface area (Å²) in [5.41, 5.74) is 7.06. The van der Waals surface area contributed by atoms with Crippen LogP contribution in [0.2, 0.25) is 0 Å². The first-order valence-corrected chi connectivity index (χ1v) is 7.32. The van der Waals surface area contributed by atoms with Crippen LogP contribution in [0.5, 0.6) is 0 Å². The SMILES string of the molecule is NC(=O)C(NC(=O)Cn1ccc2ccccc21)c1ccccc1. The summed E-state index contributed by atoms with van der Waals surface area (Å²) < 4.78 is 1.84. The molecule has 0 aliphatic heterocycles. The molecule has 0 fully saturated rings. The molecule has 116 valence electrons. The summed E-state index contributed by atoms with van der Waals surface area (Å²) in [4.78, 5) is 24.0. The number of fused-ring (bicyclic) bond motifs is 1. The molecule has 5 nitrogen and oxygen atoms in total. The number of rotatable bonds is 5. The van der Waals surface area contributed by atoms with Gasteiger partial charge in [0.05, 0.1) is 0 Å². The monoisotopic (exact) mass is 307 g/mol. The molecule has 3 N–H and O–H groups in total. The van der Waals surface area contributed by atoms with Crippen molar-refractivity contribution in [2.45, 2.75) is 12.6 Å². The van der Waals surface area contributed by atoms with Crippen molar-refractivity contribution < 1.29 is 9.59 Å². The number of primary amides is 1. The summed E-state index contributed by atoms with van der Waals surface area (Å²) >= 11 is 0. The van der Waals surface area contributed by atoms with Crippen LogP contribution < -0.4 is 11.1 Å². The van der Waals surface area contributed by atoms with Crippen LogP contribution in [0.3, 0.4) is 0 Å². The molecule has 1 unspecified atom stereocenters. The van der Waals surface area contributed by atoms with Crippen LogP contribution in [0.15, 0.2) is 66.9 Å². The molecule has 0 bridgehead atoms. The van der Waals surface area contributed by atoms with Gasteiger partial charge >= 0.3 is 0 Å². The number of hydrogen-bond donors (Lipinski definition) is 2. The molecule has 0 aliphatic rings. The van der Waals surface area contributed by atoms with Crippen LogP contribution in [-0.4, -0.2) is 16.4 Å². The van der Waals surface area contributed by atoms with Gasteiger partial charge < -0.3 is 15.6 Å². The topological polar surface area (TPSA) is 77.1 Å². The number of para-hydroxylation sites is 1. The second kappa shape index (κ2) is 6.36. The highest BCUT2D eigenvalue weighted by atomic mass is 16.2. The third kappa shape index (κ3) is 3.23. The highest BCUT2D eigenvalue weighted by Crippen LogP contribution is 2.16. The third-order valence-corrected chi connectivity index (χ3v) is 3.72. The molecule has 0 saturated carbocycles. The molecule has 0 radical (unpaired) electrons. The summed E-state index contributed by atoms with van der Waals surface area (Å²) in [7, 11) is 0. The lowest BCUT2D eigenvalue weighted by Gasteiger charge is -2.16. The molecule has 1 aromatic heterocycles. The number of benzene rings is 2. The number of hydrogen-bond acceptors (Lipinski definition) is 2. The van der Waals surface area contributed by atoms with E-state index in [1.807, 2.05) is 47.2 Å². The fourth-order valence-corrected chi connectivity index (χ4v) is 2.60.